The van der Waals surface area contributed by atoms with Gasteiger partial charge in [-0.05, 0) is 6.92 Å². The van der Waals surface area contributed by atoms with Gasteiger partial charge in [-0.15, -0.1) is 12.3 Å². The van der Waals surface area contributed by atoms with E-state index in [-0.39, 0.29) is 0 Å². The van der Waals surface area contributed by atoms with E-state index in [1.165, 1.54) is 6.92 Å². The topological polar surface area (TPSA) is 41.1 Å². The number of hydrogen-bond acceptors (Lipinski definition) is 2. The van der Waals surface area contributed by atoms with Gasteiger partial charge in [0.1, 0.15) is 6.54 Å². The van der Waals surface area contributed by atoms with Crippen molar-refractivity contribution in [1.29, 1.82) is 0 Å². The van der Waals surface area contributed by atoms with Gasteiger partial charge in [0.2, 0.25) is 5.91 Å². The lowest BCUT2D eigenvalue weighted by Gasteiger charge is -2.14. The van der Waals surface area contributed by atoms with Crippen LogP contribution in [0.2, 0.25) is 0 Å². The Labute approximate surface area is 86.4 Å². The van der Waals surface area contributed by atoms with Crippen molar-refractivity contribution in [2.75, 3.05) is 13.1 Å². The molecule has 0 fully saturated rings. The summed E-state index contributed by atoms with van der Waals surface area (Å²) in [6.07, 6.45) is 1.01. The highest BCUT2D eigenvalue weighted by molar-refractivity contribution is 5.81. The fourth-order valence-corrected chi connectivity index (χ4v) is 0.794. The number of carbonyl (C=O) groups is 1. The number of rotatable bonds is 5. The summed E-state index contributed by atoms with van der Waals surface area (Å²) in [6, 6.07) is -0.680. The molecule has 0 heterocycles. The molecule has 0 bridgehead atoms. The molecule has 0 aliphatic heterocycles. The van der Waals surface area contributed by atoms with Crippen molar-refractivity contribution in [2.45, 2.75) is 25.6 Å². The van der Waals surface area contributed by atoms with Crippen molar-refractivity contribution in [3.05, 3.63) is 0 Å². The van der Waals surface area contributed by atoms with Gasteiger partial charge in [-0.3, -0.25) is 4.79 Å². The van der Waals surface area contributed by atoms with E-state index in [1.54, 1.807) is 5.32 Å². The molecule has 0 aliphatic carbocycles. The number of halogens is 3. The van der Waals surface area contributed by atoms with Crippen LogP contribution in [0, 0.1) is 12.3 Å². The summed E-state index contributed by atoms with van der Waals surface area (Å²) in [7, 11) is 0. The van der Waals surface area contributed by atoms with Crippen LogP contribution in [-0.2, 0) is 4.79 Å². The zero-order chi connectivity index (χ0) is 11.9. The second-order valence-electron chi connectivity index (χ2n) is 2.96. The van der Waals surface area contributed by atoms with Crippen molar-refractivity contribution >= 4 is 5.91 Å². The van der Waals surface area contributed by atoms with Crippen LogP contribution in [0.25, 0.3) is 0 Å². The van der Waals surface area contributed by atoms with Gasteiger partial charge < -0.3 is 10.6 Å². The molecule has 86 valence electrons. The van der Waals surface area contributed by atoms with E-state index in [4.69, 9.17) is 6.42 Å². The van der Waals surface area contributed by atoms with Crippen LogP contribution in [0.5, 0.6) is 0 Å². The number of hydrogen-bond donors (Lipinski definition) is 2. The zero-order valence-corrected chi connectivity index (χ0v) is 8.32. The van der Waals surface area contributed by atoms with Crippen molar-refractivity contribution in [3.8, 4) is 12.3 Å². The normalized spacial score (nSPS) is 13.0. The van der Waals surface area contributed by atoms with Gasteiger partial charge >= 0.3 is 6.18 Å². The van der Waals surface area contributed by atoms with Crippen molar-refractivity contribution in [3.63, 3.8) is 0 Å². The molecule has 0 radical (unpaired) electrons. The summed E-state index contributed by atoms with van der Waals surface area (Å²) in [5.41, 5.74) is 0. The molecular weight excluding hydrogens is 209 g/mol. The molecule has 15 heavy (non-hydrogen) atoms. The fourth-order valence-electron chi connectivity index (χ4n) is 0.794. The minimum atomic E-state index is -4.38. The first-order valence-corrected chi connectivity index (χ1v) is 4.38. The Bertz CT molecular complexity index is 245. The molecule has 1 atom stereocenters. The minimum absolute atomic E-state index is 0.400. The molecule has 6 heteroatoms. The van der Waals surface area contributed by atoms with E-state index in [1.807, 2.05) is 0 Å². The van der Waals surface area contributed by atoms with Gasteiger partial charge in [0.15, 0.2) is 0 Å². The molecule has 1 unspecified atom stereocenters. The molecule has 0 spiro atoms. The maximum atomic E-state index is 11.7. The van der Waals surface area contributed by atoms with Gasteiger partial charge in [-0.25, -0.2) is 0 Å². The third-order valence-electron chi connectivity index (χ3n) is 1.58. The van der Waals surface area contributed by atoms with Crippen LogP contribution < -0.4 is 10.6 Å². The quantitative estimate of drug-likeness (QED) is 0.530. The van der Waals surface area contributed by atoms with Gasteiger partial charge in [-0.1, -0.05) is 0 Å². The minimum Gasteiger partial charge on any atom is -0.346 e. The SMILES string of the molecule is C#CCCNC(C)C(=O)NCC(F)(F)F. The van der Waals surface area contributed by atoms with Crippen LogP contribution in [0.15, 0.2) is 0 Å². The Kier molecular flexibility index (Phi) is 5.79. The average molecular weight is 222 g/mol. The Hall–Kier alpha value is -1.22. The summed E-state index contributed by atoms with van der Waals surface area (Å²) < 4.78 is 35.2. The monoisotopic (exact) mass is 222 g/mol. The van der Waals surface area contributed by atoms with Crippen LogP contribution in [-0.4, -0.2) is 31.2 Å². The van der Waals surface area contributed by atoms with Crippen LogP contribution in [0.1, 0.15) is 13.3 Å². The zero-order valence-electron chi connectivity index (χ0n) is 8.32. The molecular formula is C9H13F3N2O. The molecule has 0 aliphatic rings. The Morgan fingerprint density at radius 2 is 2.13 bits per heavy atom. The van der Waals surface area contributed by atoms with Crippen molar-refractivity contribution in [2.24, 2.45) is 0 Å². The largest absolute Gasteiger partial charge is 0.405 e. The number of alkyl halides is 3. The van der Waals surface area contributed by atoms with E-state index in [0.29, 0.717) is 13.0 Å². The van der Waals surface area contributed by atoms with E-state index in [2.05, 4.69) is 11.2 Å². The molecule has 0 aromatic carbocycles. The maximum absolute atomic E-state index is 11.7. The molecule has 0 rings (SSSR count). The number of terminal acetylenes is 1. The lowest BCUT2D eigenvalue weighted by atomic mass is 10.3. The molecule has 0 saturated heterocycles. The molecule has 0 saturated carbocycles. The Morgan fingerprint density at radius 1 is 1.53 bits per heavy atom. The fraction of sp³-hybridized carbons (Fsp3) is 0.667. The highest BCUT2D eigenvalue weighted by Gasteiger charge is 2.28. The van der Waals surface area contributed by atoms with E-state index < -0.39 is 24.7 Å². The number of amides is 1. The Balaban J connectivity index is 3.75. The van der Waals surface area contributed by atoms with Gasteiger partial charge in [0, 0.05) is 13.0 Å². The second-order valence-corrected chi connectivity index (χ2v) is 2.96. The van der Waals surface area contributed by atoms with E-state index in [0.717, 1.165) is 0 Å². The lowest BCUT2D eigenvalue weighted by molar-refractivity contribution is -0.139. The molecule has 0 aromatic heterocycles. The van der Waals surface area contributed by atoms with E-state index >= 15 is 0 Å². The van der Waals surface area contributed by atoms with Crippen LogP contribution >= 0.6 is 0 Å². The predicted molar refractivity (Wildman–Crippen MR) is 50.0 cm³/mol. The highest BCUT2D eigenvalue weighted by atomic mass is 19.4. The number of nitrogens with one attached hydrogen (secondary N) is 2. The molecule has 0 aromatic rings. The first-order valence-electron chi connectivity index (χ1n) is 4.38. The third-order valence-corrected chi connectivity index (χ3v) is 1.58. The maximum Gasteiger partial charge on any atom is 0.405 e. The van der Waals surface area contributed by atoms with Crippen LogP contribution in [0.4, 0.5) is 13.2 Å². The van der Waals surface area contributed by atoms with Gasteiger partial charge in [-0.2, -0.15) is 13.2 Å². The van der Waals surface area contributed by atoms with E-state index in [9.17, 15) is 18.0 Å². The summed E-state index contributed by atoms with van der Waals surface area (Å²) in [5, 5.41) is 4.47. The van der Waals surface area contributed by atoms with Gasteiger partial charge in [0.25, 0.3) is 0 Å². The summed E-state index contributed by atoms with van der Waals surface area (Å²) in [5.74, 6) is 1.65. The average Bonchev–Trinajstić information content (AvgIpc) is 2.13. The third kappa shape index (κ3) is 7.82. The second kappa shape index (κ2) is 6.30. The molecule has 3 nitrogen and oxygen atoms in total. The smallest absolute Gasteiger partial charge is 0.346 e. The van der Waals surface area contributed by atoms with Crippen molar-refractivity contribution in [1.82, 2.24) is 10.6 Å². The summed E-state index contributed by atoms with van der Waals surface area (Å²) >= 11 is 0. The first kappa shape index (κ1) is 13.8. The highest BCUT2D eigenvalue weighted by Crippen LogP contribution is 2.12. The molecule has 1 amide bonds. The van der Waals surface area contributed by atoms with Gasteiger partial charge in [0.05, 0.1) is 6.04 Å². The molecule has 2 N–H and O–H groups in total. The Morgan fingerprint density at radius 3 is 2.60 bits per heavy atom. The number of carbonyl (C=O) groups excluding carboxylic acids is 1. The summed E-state index contributed by atoms with van der Waals surface area (Å²) in [6.45, 7) is 0.562. The standard InChI is InChI=1S/C9H13F3N2O/c1-3-4-5-13-7(2)8(15)14-6-9(10,11)12/h1,7,13H,4-6H2,2H3,(H,14,15). The first-order chi connectivity index (χ1) is 6.87. The lowest BCUT2D eigenvalue weighted by Crippen LogP contribution is -2.45. The van der Waals surface area contributed by atoms with Crippen LogP contribution in [0.3, 0.4) is 0 Å². The van der Waals surface area contributed by atoms with Crippen molar-refractivity contribution < 1.29 is 18.0 Å². The predicted octanol–water partition coefficient (Wildman–Crippen LogP) is 0.666. The summed E-state index contributed by atoms with van der Waals surface area (Å²) in [4.78, 5) is 11.1.